The maximum Gasteiger partial charge on any atom is 0.143 e. The summed E-state index contributed by atoms with van der Waals surface area (Å²) in [7, 11) is 6.92. The minimum Gasteiger partial charge on any atom is -0.495 e. The highest BCUT2D eigenvalue weighted by Crippen LogP contribution is 2.35. The zero-order valence-corrected chi connectivity index (χ0v) is 40.5. The first-order chi connectivity index (χ1) is 35.5. The molecule has 0 aliphatic rings. The molecular weight excluding hydrogens is 889 g/mol. The fourth-order valence-corrected chi connectivity index (χ4v) is 9.73. The molecule has 10 aromatic heterocycles. The van der Waals surface area contributed by atoms with Crippen LogP contribution in [0.4, 0.5) is 0 Å². The van der Waals surface area contributed by atoms with Crippen molar-refractivity contribution < 1.29 is 18.9 Å². The van der Waals surface area contributed by atoms with E-state index in [4.69, 9.17) is 18.9 Å². The van der Waals surface area contributed by atoms with Gasteiger partial charge >= 0.3 is 0 Å². The summed E-state index contributed by atoms with van der Waals surface area (Å²) in [6.45, 7) is 0. The third kappa shape index (κ3) is 8.56. The second-order valence-corrected chi connectivity index (χ2v) is 17.3. The van der Waals surface area contributed by atoms with E-state index >= 15 is 0 Å². The monoisotopic (exact) mass is 940 g/mol. The van der Waals surface area contributed by atoms with Crippen molar-refractivity contribution in [3.05, 3.63) is 243 Å². The molecule has 0 radical (unpaired) electrons. The summed E-state index contributed by atoms with van der Waals surface area (Å²) in [5.74, 6) is 2.83. The highest BCUT2D eigenvalue weighted by molar-refractivity contribution is 5.92. The molecule has 0 saturated carbocycles. The number of aromatic nitrogens is 4. The number of methoxy groups -OCH3 is 4. The van der Waals surface area contributed by atoms with Crippen molar-refractivity contribution in [2.75, 3.05) is 28.4 Å². The van der Waals surface area contributed by atoms with E-state index in [0.29, 0.717) is 23.0 Å². The van der Waals surface area contributed by atoms with Crippen molar-refractivity contribution in [3.63, 3.8) is 0 Å². The van der Waals surface area contributed by atoms with E-state index < -0.39 is 0 Å². The minimum atomic E-state index is 0.707. The van der Waals surface area contributed by atoms with Crippen LogP contribution in [0.3, 0.4) is 0 Å². The Morgan fingerprint density at radius 1 is 0.222 bits per heavy atom. The first-order valence-electron chi connectivity index (χ1n) is 23.9. The molecule has 8 nitrogen and oxygen atoms in total. The number of hydrogen-bond acceptors (Lipinski definition) is 4. The summed E-state index contributed by atoms with van der Waals surface area (Å²) in [4.78, 5) is 0. The van der Waals surface area contributed by atoms with E-state index in [9.17, 15) is 0 Å². The maximum absolute atomic E-state index is 6.31. The molecule has 20 aromatic rings. The van der Waals surface area contributed by atoms with Crippen molar-refractivity contribution in [2.24, 2.45) is 0 Å². The Labute approximate surface area is 417 Å². The van der Waals surface area contributed by atoms with Crippen LogP contribution in [0.15, 0.2) is 243 Å². The van der Waals surface area contributed by atoms with Gasteiger partial charge in [-0.1, -0.05) is 109 Å². The molecule has 8 heteroatoms. The molecule has 0 atom stereocenters. The van der Waals surface area contributed by atoms with Gasteiger partial charge in [0.05, 0.1) is 50.5 Å². The lowest BCUT2D eigenvalue weighted by Gasteiger charge is -2.17. The number of para-hydroxylation sites is 4. The van der Waals surface area contributed by atoms with Crippen LogP contribution in [0.1, 0.15) is 0 Å². The maximum atomic E-state index is 6.31. The molecular formula is C64H52N4O4. The van der Waals surface area contributed by atoms with Crippen LogP contribution in [-0.2, 0) is 0 Å². The van der Waals surface area contributed by atoms with Crippen LogP contribution in [0.25, 0.3) is 88.4 Å². The Kier molecular flexibility index (Phi) is 12.5. The van der Waals surface area contributed by atoms with Gasteiger partial charge in [-0.3, -0.25) is 0 Å². The molecule has 0 aliphatic heterocycles. The summed E-state index contributed by atoms with van der Waals surface area (Å²) < 4.78 is 34.2. The Bertz CT molecular complexity index is 3510. The molecule has 12 bridgehead atoms. The van der Waals surface area contributed by atoms with Crippen LogP contribution in [0, 0.1) is 0 Å². The number of nitrogens with zero attached hydrogens (tertiary/aromatic N) is 4. The molecule has 0 amide bonds. The smallest absolute Gasteiger partial charge is 0.143 e. The Hall–Kier alpha value is -9.40. The average Bonchev–Trinajstić information content (AvgIpc) is 3.45. The van der Waals surface area contributed by atoms with Gasteiger partial charge in [-0.25, -0.2) is 0 Å². The third-order valence-corrected chi connectivity index (χ3v) is 13.1. The summed E-state index contributed by atoms with van der Waals surface area (Å²) in [5, 5.41) is 3.89. The standard InChI is InChI=1S/C64H52N4O4/c1-69-61-39-45-31-35-57(61)65(49-19-9-5-10-20-49)53-27-17-28-54(43-53)66(50-21-11-6-12-22-50)59-37-33-47(41-63(59)71-3)48-34-38-60(64(42-48)72-4)68(52-25-15-8-16-26-52)56-30-18-29-55(44-56)67(51-23-13-7-14-24-51)58-36-32-46(45)40-62(58)70-2/h5-44H,1-4H3. The summed E-state index contributed by atoms with van der Waals surface area (Å²) >= 11 is 0. The molecule has 72 heavy (non-hydrogen) atoms. The van der Waals surface area contributed by atoms with Crippen LogP contribution in [0.5, 0.6) is 23.0 Å². The van der Waals surface area contributed by atoms with Gasteiger partial charge in [0.2, 0.25) is 0 Å². The fourth-order valence-electron chi connectivity index (χ4n) is 9.73. The normalized spacial score (nSPS) is 11.1. The molecule has 0 unspecified atom stereocenters. The van der Waals surface area contributed by atoms with E-state index in [1.54, 1.807) is 28.4 Å². The molecule has 352 valence electrons. The molecule has 20 rings (SSSR count). The predicted molar refractivity (Wildman–Crippen MR) is 297 cm³/mol. The van der Waals surface area contributed by atoms with Gasteiger partial charge < -0.3 is 37.2 Å². The summed E-state index contributed by atoms with van der Waals surface area (Å²) in [5.41, 5.74) is 11.2. The lowest BCUT2D eigenvalue weighted by atomic mass is 10.1. The largest absolute Gasteiger partial charge is 0.495 e. The summed E-state index contributed by atoms with van der Waals surface area (Å²) in [6.07, 6.45) is 0. The first-order valence-corrected chi connectivity index (χ1v) is 23.9. The lowest BCUT2D eigenvalue weighted by Crippen LogP contribution is -2.02. The van der Waals surface area contributed by atoms with E-state index in [1.807, 2.05) is 24.3 Å². The lowest BCUT2D eigenvalue weighted by molar-refractivity contribution is 0.418. The quantitative estimate of drug-likeness (QED) is 0.152. The van der Waals surface area contributed by atoms with Crippen molar-refractivity contribution in [2.45, 2.75) is 0 Å². The molecule has 10 aromatic carbocycles. The van der Waals surface area contributed by atoms with Gasteiger partial charge in [0.15, 0.2) is 0 Å². The molecule has 0 aliphatic carbocycles. The Morgan fingerprint density at radius 3 is 0.653 bits per heavy atom. The van der Waals surface area contributed by atoms with Crippen molar-refractivity contribution in [1.29, 1.82) is 0 Å². The van der Waals surface area contributed by atoms with E-state index in [2.05, 4.69) is 237 Å². The SMILES string of the molecule is COc1cc2ccc1n(-c1ccccc1)c1cccc(c1)n(-c1ccccc1)c1ccc(cc1OC)c1ccc(c(OC)c1)n(-c1ccccc1)c1cccc(c1)n(-c1ccccc1)c1ccc2cc1OC. The topological polar surface area (TPSA) is 56.6 Å². The zero-order valence-electron chi connectivity index (χ0n) is 40.5. The van der Waals surface area contributed by atoms with E-state index in [-0.39, 0.29) is 0 Å². The minimum absolute atomic E-state index is 0.707. The number of ether oxygens (including phenoxy) is 4. The number of rotatable bonds is 8. The van der Waals surface area contributed by atoms with Gasteiger partial charge in [0.1, 0.15) is 23.0 Å². The molecule has 0 spiro atoms. The van der Waals surface area contributed by atoms with Crippen molar-refractivity contribution in [3.8, 4) is 45.7 Å². The second kappa shape index (κ2) is 19.9. The van der Waals surface area contributed by atoms with Crippen LogP contribution in [0.2, 0.25) is 0 Å². The number of benzene rings is 10. The molecule has 0 N–H and O–H groups in total. The summed E-state index contributed by atoms with van der Waals surface area (Å²) in [6, 6.07) is 84.3. The number of hydrogen-bond donors (Lipinski definition) is 0. The first kappa shape index (κ1) is 45.1. The van der Waals surface area contributed by atoms with Gasteiger partial charge in [-0.15, -0.1) is 0 Å². The van der Waals surface area contributed by atoms with Crippen LogP contribution < -0.4 is 18.9 Å². The highest BCUT2D eigenvalue weighted by Gasteiger charge is 2.14. The van der Waals surface area contributed by atoms with Crippen LogP contribution in [-0.4, -0.2) is 46.7 Å². The third-order valence-electron chi connectivity index (χ3n) is 13.1. The molecule has 0 fully saturated rings. The second-order valence-electron chi connectivity index (χ2n) is 17.3. The van der Waals surface area contributed by atoms with E-state index in [1.165, 1.54) is 0 Å². The zero-order chi connectivity index (χ0) is 49.0. The Balaban J connectivity index is 1.34. The average molecular weight is 941 g/mol. The van der Waals surface area contributed by atoms with Gasteiger partial charge in [-0.05, 0) is 155 Å². The molecule has 0 saturated heterocycles. The molecule has 10 heterocycles. The Morgan fingerprint density at radius 2 is 0.444 bits per heavy atom. The van der Waals surface area contributed by atoms with Crippen molar-refractivity contribution in [1.82, 2.24) is 18.3 Å². The van der Waals surface area contributed by atoms with Gasteiger partial charge in [0, 0.05) is 44.8 Å². The predicted octanol–water partition coefficient (Wildman–Crippen LogP) is 15.7. The van der Waals surface area contributed by atoms with Gasteiger partial charge in [0.25, 0.3) is 0 Å². The fraction of sp³-hybridized carbons (Fsp3) is 0.0625. The highest BCUT2D eigenvalue weighted by atomic mass is 16.5. The van der Waals surface area contributed by atoms with Gasteiger partial charge in [-0.2, -0.15) is 0 Å². The van der Waals surface area contributed by atoms with Crippen LogP contribution >= 0.6 is 0 Å². The van der Waals surface area contributed by atoms with E-state index in [0.717, 1.165) is 88.4 Å². The van der Waals surface area contributed by atoms with Crippen molar-refractivity contribution >= 4 is 65.7 Å².